The van der Waals surface area contributed by atoms with Crippen LogP contribution in [0.1, 0.15) is 24.2 Å². The number of alkyl halides is 1. The van der Waals surface area contributed by atoms with Crippen molar-refractivity contribution in [1.29, 1.82) is 0 Å². The van der Waals surface area contributed by atoms with Gasteiger partial charge in [0.05, 0.1) is 6.67 Å². The van der Waals surface area contributed by atoms with E-state index in [2.05, 4.69) is 20.8 Å². The molecule has 0 aliphatic carbocycles. The minimum Gasteiger partial charge on any atom is -0.508 e. The van der Waals surface area contributed by atoms with Crippen molar-refractivity contribution >= 4 is 21.5 Å². The van der Waals surface area contributed by atoms with Crippen LogP contribution in [0, 0.1) is 5.92 Å². The van der Waals surface area contributed by atoms with Gasteiger partial charge < -0.3 is 14.6 Å². The highest BCUT2D eigenvalue weighted by molar-refractivity contribution is 9.11. The number of rotatable bonds is 6. The Kier molecular flexibility index (Phi) is 5.60. The number of fused-ring (bicyclic) bond motifs is 1. The van der Waals surface area contributed by atoms with Crippen LogP contribution in [0.4, 0.5) is 4.39 Å². The monoisotopic (exact) mass is 447 g/mol. The van der Waals surface area contributed by atoms with Gasteiger partial charge in [0.1, 0.15) is 23.9 Å². The second-order valence-electron chi connectivity index (χ2n) is 7.35. The van der Waals surface area contributed by atoms with E-state index in [1.165, 1.54) is 0 Å². The Labute approximate surface area is 172 Å². The van der Waals surface area contributed by atoms with E-state index in [9.17, 15) is 9.50 Å². The molecule has 2 aliphatic heterocycles. The summed E-state index contributed by atoms with van der Waals surface area (Å²) in [6.07, 6.45) is -0.232. The zero-order valence-electron chi connectivity index (χ0n) is 15.7. The average molecular weight is 448 g/mol. The molecule has 2 aliphatic rings. The molecule has 0 aromatic heterocycles. The standard InChI is InChI=1S/C22H23BrFNO3/c1-14-19-10-17(26)4-7-20(19)28-22(21(14)23)16-2-5-18(6-3-16)27-9-8-25-12-15(11-24)13-25/h2-7,10,15,22,26H,8-9,11-13H2,1H3. The van der Waals surface area contributed by atoms with E-state index in [0.717, 1.165) is 52.3 Å². The molecule has 1 N–H and O–H groups in total. The maximum absolute atomic E-state index is 12.5. The van der Waals surface area contributed by atoms with Gasteiger partial charge in [-0.3, -0.25) is 9.29 Å². The molecule has 0 bridgehead atoms. The third kappa shape index (κ3) is 3.89. The minimum absolute atomic E-state index is 0.207. The first kappa shape index (κ1) is 19.3. The van der Waals surface area contributed by atoms with Gasteiger partial charge in [0.2, 0.25) is 0 Å². The molecule has 0 spiro atoms. The molecular weight excluding hydrogens is 425 g/mol. The quantitative estimate of drug-likeness (QED) is 0.681. The van der Waals surface area contributed by atoms with Crippen LogP contribution in [0.15, 0.2) is 46.9 Å². The second kappa shape index (κ2) is 8.13. The Morgan fingerprint density at radius 3 is 2.68 bits per heavy atom. The highest BCUT2D eigenvalue weighted by atomic mass is 79.9. The zero-order valence-corrected chi connectivity index (χ0v) is 17.3. The van der Waals surface area contributed by atoms with Crippen molar-refractivity contribution in [2.45, 2.75) is 13.0 Å². The molecule has 148 valence electrons. The van der Waals surface area contributed by atoms with Gasteiger partial charge >= 0.3 is 0 Å². The van der Waals surface area contributed by atoms with Gasteiger partial charge in [0.25, 0.3) is 0 Å². The van der Waals surface area contributed by atoms with E-state index < -0.39 is 0 Å². The molecule has 1 unspecified atom stereocenters. The fourth-order valence-electron chi connectivity index (χ4n) is 3.62. The van der Waals surface area contributed by atoms with Crippen molar-refractivity contribution in [2.24, 2.45) is 5.92 Å². The van der Waals surface area contributed by atoms with E-state index in [1.54, 1.807) is 18.2 Å². The molecule has 2 heterocycles. The predicted molar refractivity (Wildman–Crippen MR) is 111 cm³/mol. The molecule has 0 radical (unpaired) electrons. The van der Waals surface area contributed by atoms with Gasteiger partial charge in [-0.15, -0.1) is 0 Å². The molecule has 2 aromatic rings. The van der Waals surface area contributed by atoms with Crippen molar-refractivity contribution in [3.8, 4) is 17.2 Å². The molecule has 1 fully saturated rings. The number of likely N-dealkylation sites (tertiary alicyclic amines) is 1. The summed E-state index contributed by atoms with van der Waals surface area (Å²) in [7, 11) is 0. The molecule has 4 rings (SSSR count). The number of hydrogen-bond donors (Lipinski definition) is 1. The van der Waals surface area contributed by atoms with Gasteiger partial charge in [-0.25, -0.2) is 0 Å². The van der Waals surface area contributed by atoms with Gasteiger partial charge in [0, 0.05) is 35.6 Å². The van der Waals surface area contributed by atoms with Gasteiger partial charge in [-0.2, -0.15) is 0 Å². The summed E-state index contributed by atoms with van der Waals surface area (Å²) >= 11 is 3.66. The number of aromatic hydroxyl groups is 1. The topological polar surface area (TPSA) is 41.9 Å². The van der Waals surface area contributed by atoms with E-state index in [-0.39, 0.29) is 24.4 Å². The number of phenolic OH excluding ortho intramolecular Hbond substituents is 1. The molecule has 4 nitrogen and oxygen atoms in total. The van der Waals surface area contributed by atoms with E-state index in [0.29, 0.717) is 6.61 Å². The van der Waals surface area contributed by atoms with Crippen molar-refractivity contribution in [3.63, 3.8) is 0 Å². The zero-order chi connectivity index (χ0) is 19.7. The molecule has 1 saturated heterocycles. The predicted octanol–water partition coefficient (Wildman–Crippen LogP) is 4.93. The molecule has 28 heavy (non-hydrogen) atoms. The van der Waals surface area contributed by atoms with Crippen molar-refractivity contribution in [2.75, 3.05) is 32.9 Å². The average Bonchev–Trinajstić information content (AvgIpc) is 2.67. The smallest absolute Gasteiger partial charge is 0.156 e. The number of phenols is 1. The Morgan fingerprint density at radius 1 is 1.21 bits per heavy atom. The normalized spacial score (nSPS) is 19.8. The van der Waals surface area contributed by atoms with Crippen LogP contribution in [0.5, 0.6) is 17.2 Å². The van der Waals surface area contributed by atoms with Crippen LogP contribution in [-0.2, 0) is 0 Å². The summed E-state index contributed by atoms with van der Waals surface area (Å²) < 4.78 is 25.4. The number of ether oxygens (including phenoxy) is 2. The number of hydrogen-bond acceptors (Lipinski definition) is 4. The second-order valence-corrected chi connectivity index (χ2v) is 8.20. The number of nitrogens with zero attached hydrogens (tertiary/aromatic N) is 1. The molecule has 6 heteroatoms. The van der Waals surface area contributed by atoms with E-state index in [4.69, 9.17) is 9.47 Å². The third-order valence-corrected chi connectivity index (χ3v) is 6.32. The van der Waals surface area contributed by atoms with Crippen molar-refractivity contribution in [3.05, 3.63) is 58.1 Å². The Balaban J connectivity index is 1.39. The Hall–Kier alpha value is -2.05. The van der Waals surface area contributed by atoms with Crippen LogP contribution in [-0.4, -0.2) is 42.9 Å². The minimum atomic E-state index is -0.232. The Morgan fingerprint density at radius 2 is 1.96 bits per heavy atom. The fraction of sp³-hybridized carbons (Fsp3) is 0.364. The largest absolute Gasteiger partial charge is 0.508 e. The molecule has 0 saturated carbocycles. The Bertz CT molecular complexity index is 878. The van der Waals surface area contributed by atoms with Crippen LogP contribution >= 0.6 is 15.9 Å². The van der Waals surface area contributed by atoms with Gasteiger partial charge in [-0.1, -0.05) is 28.1 Å². The van der Waals surface area contributed by atoms with Crippen LogP contribution in [0.3, 0.4) is 0 Å². The van der Waals surface area contributed by atoms with Crippen LogP contribution < -0.4 is 9.47 Å². The van der Waals surface area contributed by atoms with Gasteiger partial charge in [0.15, 0.2) is 6.10 Å². The lowest BCUT2D eigenvalue weighted by atomic mass is 9.98. The van der Waals surface area contributed by atoms with Crippen molar-refractivity contribution in [1.82, 2.24) is 4.90 Å². The third-order valence-electron chi connectivity index (χ3n) is 5.31. The lowest BCUT2D eigenvalue weighted by Crippen LogP contribution is -2.49. The summed E-state index contributed by atoms with van der Waals surface area (Å²) in [6.45, 7) is 4.86. The van der Waals surface area contributed by atoms with E-state index >= 15 is 0 Å². The number of benzene rings is 2. The summed E-state index contributed by atoms with van der Waals surface area (Å²) in [5.74, 6) is 1.99. The summed E-state index contributed by atoms with van der Waals surface area (Å²) in [6, 6.07) is 13.0. The first-order chi connectivity index (χ1) is 13.5. The fourth-order valence-corrected chi connectivity index (χ4v) is 4.19. The SMILES string of the molecule is CC1=C(Br)C(c2ccc(OCCN3CC(CF)C3)cc2)Oc2ccc(O)cc21. The lowest BCUT2D eigenvalue weighted by Gasteiger charge is -2.37. The summed E-state index contributed by atoms with van der Waals surface area (Å²) in [4.78, 5) is 2.20. The molecule has 2 aromatic carbocycles. The summed E-state index contributed by atoms with van der Waals surface area (Å²) in [5.41, 5.74) is 2.96. The van der Waals surface area contributed by atoms with Crippen LogP contribution in [0.2, 0.25) is 0 Å². The maximum Gasteiger partial charge on any atom is 0.156 e. The van der Waals surface area contributed by atoms with Crippen molar-refractivity contribution < 1.29 is 19.0 Å². The highest BCUT2D eigenvalue weighted by Gasteiger charge is 2.27. The molecule has 0 amide bonds. The first-order valence-corrected chi connectivity index (χ1v) is 10.2. The molecular formula is C22H23BrFNO3. The maximum atomic E-state index is 12.5. The van der Waals surface area contributed by atoms with Gasteiger partial charge in [-0.05, 0) is 48.4 Å². The number of halogens is 2. The van der Waals surface area contributed by atoms with Crippen LogP contribution in [0.25, 0.3) is 5.57 Å². The lowest BCUT2D eigenvalue weighted by molar-refractivity contribution is 0.0668. The number of allylic oxidation sites excluding steroid dienone is 1. The highest BCUT2D eigenvalue weighted by Crippen LogP contribution is 2.45. The summed E-state index contributed by atoms with van der Waals surface area (Å²) in [5, 5.41) is 9.73. The van der Waals surface area contributed by atoms with E-state index in [1.807, 2.05) is 31.2 Å². The molecule has 1 atom stereocenters. The first-order valence-electron chi connectivity index (χ1n) is 9.42.